The highest BCUT2D eigenvalue weighted by molar-refractivity contribution is 6.12. The zero-order valence-electron chi connectivity index (χ0n) is 24.3. The molecule has 8 aromatic rings. The molecule has 0 aliphatic heterocycles. The Morgan fingerprint density at radius 2 is 1.09 bits per heavy atom. The van der Waals surface area contributed by atoms with Crippen molar-refractivity contribution in [2.45, 2.75) is 13.8 Å². The maximum Gasteiger partial charge on any atom is 0.104 e. The Bertz CT molecular complexity index is 2550. The summed E-state index contributed by atoms with van der Waals surface area (Å²) in [6, 6.07) is 46.5. The minimum Gasteiger partial charge on any atom is -0.308 e. The van der Waals surface area contributed by atoms with Crippen LogP contribution in [0.5, 0.6) is 0 Å². The van der Waals surface area contributed by atoms with Gasteiger partial charge in [-0.3, -0.25) is 0 Å². The van der Waals surface area contributed by atoms with Crippen LogP contribution >= 0.6 is 0 Å². The van der Waals surface area contributed by atoms with Gasteiger partial charge in [0.05, 0.1) is 45.1 Å². The van der Waals surface area contributed by atoms with Gasteiger partial charge in [0, 0.05) is 27.1 Å². The van der Waals surface area contributed by atoms with Gasteiger partial charge in [-0.05, 0) is 74.0 Å². The highest BCUT2D eigenvalue weighted by Crippen LogP contribution is 2.42. The van der Waals surface area contributed by atoms with E-state index in [1.54, 1.807) is 0 Å². The van der Waals surface area contributed by atoms with Gasteiger partial charge < -0.3 is 9.13 Å². The first-order valence-electron chi connectivity index (χ1n) is 14.7. The first-order chi connectivity index (χ1) is 21.6. The van der Waals surface area contributed by atoms with Gasteiger partial charge >= 0.3 is 0 Å². The average Bonchev–Trinajstić information content (AvgIpc) is 3.56. The first kappa shape index (κ1) is 25.6. The number of rotatable bonds is 3. The van der Waals surface area contributed by atoms with Crippen LogP contribution in [0, 0.1) is 36.5 Å². The zero-order valence-corrected chi connectivity index (χ0v) is 24.3. The molecule has 8 rings (SSSR count). The third kappa shape index (κ3) is 3.69. The number of hydrogen-bond acceptors (Lipinski definition) is 2. The van der Waals surface area contributed by atoms with E-state index in [0.717, 1.165) is 66.1 Å². The summed E-state index contributed by atoms with van der Waals surface area (Å²) in [6.07, 6.45) is 0. The number of fused-ring (bicyclic) bond motifs is 6. The van der Waals surface area contributed by atoms with Gasteiger partial charge in [0.25, 0.3) is 0 Å². The lowest BCUT2D eigenvalue weighted by Gasteiger charge is -2.20. The Labute approximate surface area is 254 Å². The molecule has 0 amide bonds. The molecule has 0 spiro atoms. The van der Waals surface area contributed by atoms with Crippen LogP contribution in [0.2, 0.25) is 0 Å². The van der Waals surface area contributed by atoms with Crippen molar-refractivity contribution in [3.63, 3.8) is 0 Å². The number of benzene rings is 6. The van der Waals surface area contributed by atoms with E-state index >= 15 is 0 Å². The summed E-state index contributed by atoms with van der Waals surface area (Å²) < 4.78 is 4.46. The van der Waals surface area contributed by atoms with E-state index in [1.807, 2.05) is 30.3 Å². The van der Waals surface area contributed by atoms with Crippen LogP contribution in [-0.2, 0) is 0 Å². The van der Waals surface area contributed by atoms with E-state index in [2.05, 4.69) is 126 Å². The molecule has 0 radical (unpaired) electrons. The Morgan fingerprint density at radius 3 is 1.73 bits per heavy atom. The van der Waals surface area contributed by atoms with Crippen molar-refractivity contribution in [1.82, 2.24) is 9.13 Å². The van der Waals surface area contributed by atoms with Crippen molar-refractivity contribution >= 4 is 43.6 Å². The largest absolute Gasteiger partial charge is 0.308 e. The molecule has 0 atom stereocenters. The van der Waals surface area contributed by atoms with Crippen molar-refractivity contribution in [2.24, 2.45) is 0 Å². The fourth-order valence-electron chi connectivity index (χ4n) is 6.77. The summed E-state index contributed by atoms with van der Waals surface area (Å²) in [5.74, 6) is 0. The van der Waals surface area contributed by atoms with Crippen LogP contribution in [0.3, 0.4) is 0 Å². The van der Waals surface area contributed by atoms with Crippen molar-refractivity contribution in [3.05, 3.63) is 144 Å². The molecule has 206 valence electrons. The molecule has 0 aliphatic rings. The lowest BCUT2D eigenvalue weighted by Crippen LogP contribution is -2.06. The third-order valence-electron chi connectivity index (χ3n) is 8.69. The molecule has 4 nitrogen and oxygen atoms in total. The topological polar surface area (TPSA) is 57.4 Å². The summed E-state index contributed by atoms with van der Waals surface area (Å²) in [6.45, 7) is 4.22. The maximum absolute atomic E-state index is 11.1. The highest BCUT2D eigenvalue weighted by Gasteiger charge is 2.24. The average molecular weight is 563 g/mol. The lowest BCUT2D eigenvalue weighted by atomic mass is 9.97. The molecule has 4 heteroatoms. The second kappa shape index (κ2) is 9.73. The van der Waals surface area contributed by atoms with E-state index in [4.69, 9.17) is 0 Å². The van der Waals surface area contributed by atoms with Gasteiger partial charge in [-0.2, -0.15) is 10.5 Å². The van der Waals surface area contributed by atoms with Crippen molar-refractivity contribution in [3.8, 4) is 34.6 Å². The normalized spacial score (nSPS) is 11.4. The quantitative estimate of drug-likeness (QED) is 0.215. The maximum atomic E-state index is 11.1. The van der Waals surface area contributed by atoms with Gasteiger partial charge in [-0.25, -0.2) is 0 Å². The fraction of sp³-hybridized carbons (Fsp3) is 0.0500. The van der Waals surface area contributed by atoms with Gasteiger partial charge in [0.2, 0.25) is 0 Å². The van der Waals surface area contributed by atoms with Crippen molar-refractivity contribution < 1.29 is 0 Å². The summed E-state index contributed by atoms with van der Waals surface area (Å²) >= 11 is 0. The van der Waals surface area contributed by atoms with Crippen LogP contribution in [0.25, 0.3) is 66.1 Å². The molecule has 2 aromatic heterocycles. The predicted molar refractivity (Wildman–Crippen MR) is 179 cm³/mol. The molecule has 0 fully saturated rings. The number of nitrogens with zero attached hydrogens (tertiary/aromatic N) is 4. The van der Waals surface area contributed by atoms with E-state index in [1.165, 1.54) is 11.1 Å². The van der Waals surface area contributed by atoms with Crippen LogP contribution in [0.15, 0.2) is 121 Å². The van der Waals surface area contributed by atoms with E-state index in [9.17, 15) is 10.5 Å². The Balaban J connectivity index is 1.57. The van der Waals surface area contributed by atoms with E-state index in [-0.39, 0.29) is 0 Å². The molecule has 6 aromatic carbocycles. The standard InChI is InChI=1S/C40H26N4/c1-25-14-17-37-32(20-25)30-10-3-5-12-35(30)43(37)39-19-16-29(28-9-7-8-27(22-28)23-41)40(34(39)24-42)44-36-13-6-4-11-31(36)33-21-26(2)15-18-38(33)44/h3-22H,1-2H3. The third-order valence-corrected chi connectivity index (χ3v) is 8.69. The molecule has 0 saturated carbocycles. The molecule has 0 aliphatic carbocycles. The van der Waals surface area contributed by atoms with Crippen molar-refractivity contribution in [1.29, 1.82) is 10.5 Å². The molecule has 0 bridgehead atoms. The first-order valence-corrected chi connectivity index (χ1v) is 14.7. The van der Waals surface area contributed by atoms with E-state index < -0.39 is 0 Å². The number of aryl methyl sites for hydroxylation is 2. The van der Waals surface area contributed by atoms with Crippen LogP contribution in [0.4, 0.5) is 0 Å². The highest BCUT2D eigenvalue weighted by atomic mass is 15.0. The number of para-hydroxylation sites is 2. The minimum absolute atomic E-state index is 0.566. The smallest absolute Gasteiger partial charge is 0.104 e. The SMILES string of the molecule is Cc1ccc2c(c1)c1ccccc1n2-c1ccc(-c2cccc(C#N)c2)c(-n2c3ccccc3c3cc(C)ccc32)c1C#N. The fourth-order valence-corrected chi connectivity index (χ4v) is 6.77. The molecule has 0 saturated heterocycles. The van der Waals surface area contributed by atoms with Gasteiger partial charge in [0.1, 0.15) is 11.6 Å². The monoisotopic (exact) mass is 562 g/mol. The van der Waals surface area contributed by atoms with Crippen LogP contribution in [-0.4, -0.2) is 9.13 Å². The molecule has 0 unspecified atom stereocenters. The minimum atomic E-state index is 0.566. The second-order valence-corrected chi connectivity index (χ2v) is 11.4. The Kier molecular flexibility index (Phi) is 5.66. The summed E-state index contributed by atoms with van der Waals surface area (Å²) in [5.41, 5.74) is 11.1. The van der Waals surface area contributed by atoms with Gasteiger partial charge in [0.15, 0.2) is 0 Å². The molecular weight excluding hydrogens is 536 g/mol. The molecular formula is C40H26N4. The van der Waals surface area contributed by atoms with E-state index in [0.29, 0.717) is 11.1 Å². The lowest BCUT2D eigenvalue weighted by molar-refractivity contribution is 1.12. The van der Waals surface area contributed by atoms with Crippen molar-refractivity contribution in [2.75, 3.05) is 0 Å². The summed E-state index contributed by atoms with van der Waals surface area (Å²) in [4.78, 5) is 0. The second-order valence-electron chi connectivity index (χ2n) is 11.4. The summed E-state index contributed by atoms with van der Waals surface area (Å²) in [7, 11) is 0. The number of aromatic nitrogens is 2. The molecule has 2 heterocycles. The van der Waals surface area contributed by atoms with Crippen LogP contribution < -0.4 is 0 Å². The number of nitriles is 2. The van der Waals surface area contributed by atoms with Crippen LogP contribution in [0.1, 0.15) is 22.3 Å². The molecule has 44 heavy (non-hydrogen) atoms. The predicted octanol–water partition coefficient (Wildman–Crippen LogP) is 9.91. The Morgan fingerprint density at radius 1 is 0.500 bits per heavy atom. The van der Waals surface area contributed by atoms with Gasteiger partial charge in [-0.1, -0.05) is 77.9 Å². The van der Waals surface area contributed by atoms with Gasteiger partial charge in [-0.15, -0.1) is 0 Å². The number of hydrogen-bond donors (Lipinski definition) is 0. The summed E-state index contributed by atoms with van der Waals surface area (Å²) in [5, 5.41) is 25.4. The zero-order chi connectivity index (χ0) is 29.9. The Hall–Kier alpha value is -6.10. The molecule has 0 N–H and O–H groups in total.